The van der Waals surface area contributed by atoms with Gasteiger partial charge in [-0.25, -0.2) is 9.97 Å². The molecule has 1 unspecified atom stereocenters. The molecule has 0 amide bonds. The predicted molar refractivity (Wildman–Crippen MR) is 82.5 cm³/mol. The van der Waals surface area contributed by atoms with E-state index in [2.05, 4.69) is 39.7 Å². The topological polar surface area (TPSA) is 42.7 Å². The minimum absolute atomic E-state index is 0.289. The molecule has 102 valence electrons. The number of aromatic nitrogens is 3. The van der Waals surface area contributed by atoms with Crippen LogP contribution in [-0.4, -0.2) is 14.5 Å². The highest BCUT2D eigenvalue weighted by molar-refractivity contribution is 7.10. The summed E-state index contributed by atoms with van der Waals surface area (Å²) in [4.78, 5) is 10.0. The summed E-state index contributed by atoms with van der Waals surface area (Å²) in [6, 6.07) is 8.54. The molecule has 3 aromatic rings. The Labute approximate surface area is 122 Å². The van der Waals surface area contributed by atoms with Gasteiger partial charge in [-0.1, -0.05) is 6.07 Å². The molecule has 0 saturated heterocycles. The molecule has 0 aromatic carbocycles. The molecule has 4 nitrogen and oxygen atoms in total. The first-order valence-electron chi connectivity index (χ1n) is 6.50. The Kier molecular flexibility index (Phi) is 3.52. The highest BCUT2D eigenvalue weighted by atomic mass is 32.1. The van der Waals surface area contributed by atoms with Crippen molar-refractivity contribution in [2.75, 3.05) is 5.32 Å². The predicted octanol–water partition coefficient (Wildman–Crippen LogP) is 3.81. The number of nitrogens with one attached hydrogen (secondary N) is 1. The van der Waals surface area contributed by atoms with E-state index in [9.17, 15) is 0 Å². The SMILES string of the molecule is Cc1nccn1-c1ccc(NC(C)c2cccs2)cn1. The molecule has 0 saturated carbocycles. The number of imidazole rings is 1. The van der Waals surface area contributed by atoms with Gasteiger partial charge in [-0.05, 0) is 37.4 Å². The van der Waals surface area contributed by atoms with Crippen LogP contribution in [0.4, 0.5) is 5.69 Å². The summed E-state index contributed by atoms with van der Waals surface area (Å²) < 4.78 is 1.96. The summed E-state index contributed by atoms with van der Waals surface area (Å²) in [5.41, 5.74) is 1.02. The quantitative estimate of drug-likeness (QED) is 0.792. The lowest BCUT2D eigenvalue weighted by Crippen LogP contribution is -2.06. The minimum Gasteiger partial charge on any atom is -0.376 e. The van der Waals surface area contributed by atoms with Crippen LogP contribution in [-0.2, 0) is 0 Å². The molecule has 0 radical (unpaired) electrons. The lowest BCUT2D eigenvalue weighted by molar-refractivity contribution is 0.898. The summed E-state index contributed by atoms with van der Waals surface area (Å²) in [5, 5.41) is 5.55. The molecule has 3 aromatic heterocycles. The second-order valence-corrected chi connectivity index (χ2v) is 5.61. The van der Waals surface area contributed by atoms with Gasteiger partial charge < -0.3 is 5.32 Å². The van der Waals surface area contributed by atoms with E-state index in [-0.39, 0.29) is 6.04 Å². The smallest absolute Gasteiger partial charge is 0.138 e. The Bertz CT molecular complexity index is 670. The van der Waals surface area contributed by atoms with Crippen molar-refractivity contribution in [1.82, 2.24) is 14.5 Å². The lowest BCUT2D eigenvalue weighted by Gasteiger charge is -2.13. The summed E-state index contributed by atoms with van der Waals surface area (Å²) in [5.74, 6) is 1.82. The van der Waals surface area contributed by atoms with Crippen LogP contribution in [0.2, 0.25) is 0 Å². The maximum absolute atomic E-state index is 4.48. The van der Waals surface area contributed by atoms with E-state index in [1.54, 1.807) is 17.5 Å². The number of rotatable bonds is 4. The van der Waals surface area contributed by atoms with Crippen LogP contribution in [0.3, 0.4) is 0 Å². The van der Waals surface area contributed by atoms with Crippen LogP contribution >= 0.6 is 11.3 Å². The van der Waals surface area contributed by atoms with E-state index in [0.29, 0.717) is 0 Å². The molecule has 0 spiro atoms. The van der Waals surface area contributed by atoms with Gasteiger partial charge in [0, 0.05) is 17.3 Å². The van der Waals surface area contributed by atoms with Gasteiger partial charge in [0.2, 0.25) is 0 Å². The van der Waals surface area contributed by atoms with Crippen molar-refractivity contribution in [3.05, 3.63) is 58.9 Å². The third-order valence-electron chi connectivity index (χ3n) is 3.17. The van der Waals surface area contributed by atoms with Crippen molar-refractivity contribution >= 4 is 17.0 Å². The fourth-order valence-electron chi connectivity index (χ4n) is 2.09. The minimum atomic E-state index is 0.289. The van der Waals surface area contributed by atoms with Gasteiger partial charge >= 0.3 is 0 Å². The maximum Gasteiger partial charge on any atom is 0.138 e. The first kappa shape index (κ1) is 12.9. The number of hydrogen-bond acceptors (Lipinski definition) is 4. The fourth-order valence-corrected chi connectivity index (χ4v) is 2.83. The molecule has 20 heavy (non-hydrogen) atoms. The Morgan fingerprint density at radius 1 is 1.25 bits per heavy atom. The molecule has 0 aliphatic carbocycles. The van der Waals surface area contributed by atoms with Gasteiger partial charge in [0.1, 0.15) is 11.6 Å². The zero-order valence-corrected chi connectivity index (χ0v) is 12.3. The van der Waals surface area contributed by atoms with E-state index in [0.717, 1.165) is 17.3 Å². The number of pyridine rings is 1. The van der Waals surface area contributed by atoms with E-state index >= 15 is 0 Å². The zero-order chi connectivity index (χ0) is 13.9. The molecule has 1 N–H and O–H groups in total. The molecule has 0 bridgehead atoms. The molecular weight excluding hydrogens is 268 g/mol. The average Bonchev–Trinajstić information content (AvgIpc) is 3.11. The second-order valence-electron chi connectivity index (χ2n) is 4.63. The third-order valence-corrected chi connectivity index (χ3v) is 4.23. The van der Waals surface area contributed by atoms with E-state index in [4.69, 9.17) is 0 Å². The number of anilines is 1. The highest BCUT2D eigenvalue weighted by Gasteiger charge is 2.07. The second kappa shape index (κ2) is 5.46. The molecule has 1 atom stereocenters. The van der Waals surface area contributed by atoms with Crippen LogP contribution < -0.4 is 5.32 Å². The molecule has 3 heterocycles. The Hall–Kier alpha value is -2.14. The molecule has 0 fully saturated rings. The van der Waals surface area contributed by atoms with Gasteiger partial charge in [0.05, 0.1) is 17.9 Å². The first-order valence-corrected chi connectivity index (χ1v) is 7.38. The van der Waals surface area contributed by atoms with Crippen LogP contribution in [0.5, 0.6) is 0 Å². The Morgan fingerprint density at radius 3 is 2.75 bits per heavy atom. The van der Waals surface area contributed by atoms with Crippen molar-refractivity contribution in [1.29, 1.82) is 0 Å². The number of hydrogen-bond donors (Lipinski definition) is 1. The van der Waals surface area contributed by atoms with Gasteiger partial charge in [0.25, 0.3) is 0 Å². The first-order chi connectivity index (χ1) is 9.74. The van der Waals surface area contributed by atoms with Gasteiger partial charge in [-0.15, -0.1) is 11.3 Å². The third kappa shape index (κ3) is 2.58. The standard InChI is InChI=1S/C15H16N4S/c1-11(14-4-3-9-20-14)18-13-5-6-15(17-10-13)19-8-7-16-12(19)2/h3-11,18H,1-2H3. The number of aryl methyl sites for hydroxylation is 1. The van der Waals surface area contributed by atoms with E-state index < -0.39 is 0 Å². The van der Waals surface area contributed by atoms with Crippen molar-refractivity contribution < 1.29 is 0 Å². The number of nitrogens with zero attached hydrogens (tertiary/aromatic N) is 3. The van der Waals surface area contributed by atoms with Gasteiger partial charge in [0.15, 0.2) is 0 Å². The largest absolute Gasteiger partial charge is 0.376 e. The molecular formula is C15H16N4S. The molecule has 0 aliphatic rings. The summed E-state index contributed by atoms with van der Waals surface area (Å²) >= 11 is 1.76. The molecule has 5 heteroatoms. The van der Waals surface area contributed by atoms with Crippen molar-refractivity contribution in [3.8, 4) is 5.82 Å². The number of thiophene rings is 1. The van der Waals surface area contributed by atoms with Crippen molar-refractivity contribution in [2.24, 2.45) is 0 Å². The maximum atomic E-state index is 4.48. The van der Waals surface area contributed by atoms with E-state index in [1.807, 2.05) is 36.0 Å². The monoisotopic (exact) mass is 284 g/mol. The van der Waals surface area contributed by atoms with Crippen LogP contribution in [0.1, 0.15) is 23.7 Å². The Balaban J connectivity index is 1.75. The van der Waals surface area contributed by atoms with E-state index in [1.165, 1.54) is 4.88 Å². The average molecular weight is 284 g/mol. The summed E-state index contributed by atoms with van der Waals surface area (Å²) in [6.07, 6.45) is 5.56. The zero-order valence-electron chi connectivity index (χ0n) is 11.4. The fraction of sp³-hybridized carbons (Fsp3) is 0.200. The van der Waals surface area contributed by atoms with Crippen LogP contribution in [0.25, 0.3) is 5.82 Å². The summed E-state index contributed by atoms with van der Waals surface area (Å²) in [7, 11) is 0. The van der Waals surface area contributed by atoms with Crippen LogP contribution in [0, 0.1) is 6.92 Å². The van der Waals surface area contributed by atoms with Gasteiger partial charge in [-0.2, -0.15) is 0 Å². The molecule has 0 aliphatic heterocycles. The van der Waals surface area contributed by atoms with Crippen molar-refractivity contribution in [3.63, 3.8) is 0 Å². The Morgan fingerprint density at radius 2 is 2.15 bits per heavy atom. The summed E-state index contributed by atoms with van der Waals surface area (Å²) in [6.45, 7) is 4.12. The lowest BCUT2D eigenvalue weighted by atomic mass is 10.2. The van der Waals surface area contributed by atoms with Crippen LogP contribution in [0.15, 0.2) is 48.2 Å². The van der Waals surface area contributed by atoms with Gasteiger partial charge in [-0.3, -0.25) is 4.57 Å². The molecule has 3 rings (SSSR count). The van der Waals surface area contributed by atoms with Crippen molar-refractivity contribution in [2.45, 2.75) is 19.9 Å². The highest BCUT2D eigenvalue weighted by Crippen LogP contribution is 2.23. The normalized spacial score (nSPS) is 12.3.